The second kappa shape index (κ2) is 10.7. The van der Waals surface area contributed by atoms with Crippen LogP contribution < -0.4 is 5.32 Å². The molecule has 1 atom stereocenters. The van der Waals surface area contributed by atoms with Gasteiger partial charge in [-0.2, -0.15) is 4.98 Å². The quantitative estimate of drug-likeness (QED) is 0.253. The van der Waals surface area contributed by atoms with Gasteiger partial charge in [0.1, 0.15) is 5.82 Å². The van der Waals surface area contributed by atoms with E-state index in [-0.39, 0.29) is 36.2 Å². The van der Waals surface area contributed by atoms with E-state index in [4.69, 9.17) is 21.2 Å². The molecule has 0 spiro atoms. The number of carbonyl (C=O) groups is 1. The highest BCUT2D eigenvalue weighted by Gasteiger charge is 2.36. The Morgan fingerprint density at radius 2 is 1.85 bits per heavy atom. The van der Waals surface area contributed by atoms with Crippen molar-refractivity contribution in [3.8, 4) is 34.0 Å². The van der Waals surface area contributed by atoms with Crippen LogP contribution in [0.1, 0.15) is 47.6 Å². The first kappa shape index (κ1) is 27.3. The van der Waals surface area contributed by atoms with Crippen LogP contribution in [0.3, 0.4) is 0 Å². The number of benzene rings is 3. The number of halogens is 3. The van der Waals surface area contributed by atoms with E-state index in [1.807, 2.05) is 31.2 Å². The van der Waals surface area contributed by atoms with Gasteiger partial charge in [0.05, 0.1) is 10.9 Å². The number of aryl methyl sites for hydroxylation is 3. The number of hydrogen-bond donors (Lipinski definition) is 2. The summed E-state index contributed by atoms with van der Waals surface area (Å²) in [5.41, 5.74) is 6.65. The minimum Gasteiger partial charge on any atom is -0.481 e. The number of carboxylic acid groups (broad SMARTS) is 1. The molecule has 1 heterocycles. The molecular formula is C30H28Cl2FN3O3. The highest BCUT2D eigenvalue weighted by Crippen LogP contribution is 2.38. The average molecular weight is 568 g/mol. The molecule has 0 radical (unpaired) electrons. The summed E-state index contributed by atoms with van der Waals surface area (Å²) < 4.78 is 20.4. The SMILES string of the molecule is Cc1cc(-c2nc(-c3ccc4c(c3)CCC4NC3CC(C(=O)O)C3)no2)ccc1-c1c(Cl)ccc(C)c1F.Cl. The minimum absolute atomic E-state index is 0. The topological polar surface area (TPSA) is 88.2 Å². The van der Waals surface area contributed by atoms with E-state index in [2.05, 4.69) is 27.6 Å². The Balaban J connectivity index is 0.00000308. The van der Waals surface area contributed by atoms with Gasteiger partial charge in [-0.05, 0) is 91.6 Å². The van der Waals surface area contributed by atoms with Crippen LogP contribution in [0.4, 0.5) is 4.39 Å². The third-order valence-corrected chi connectivity index (χ3v) is 8.17. The van der Waals surface area contributed by atoms with E-state index >= 15 is 0 Å². The van der Waals surface area contributed by atoms with E-state index in [0.29, 0.717) is 40.7 Å². The fraction of sp³-hybridized carbons (Fsp3) is 0.300. The molecule has 6 nitrogen and oxygen atoms in total. The molecule has 2 aliphatic carbocycles. The van der Waals surface area contributed by atoms with Crippen molar-refractivity contribution in [2.45, 2.75) is 51.6 Å². The van der Waals surface area contributed by atoms with Gasteiger partial charge in [-0.25, -0.2) is 4.39 Å². The highest BCUT2D eigenvalue weighted by molar-refractivity contribution is 6.33. The third kappa shape index (κ3) is 5.07. The number of nitrogens with zero attached hydrogens (tertiary/aromatic N) is 2. The van der Waals surface area contributed by atoms with E-state index in [9.17, 15) is 9.18 Å². The van der Waals surface area contributed by atoms with Gasteiger partial charge in [0.2, 0.25) is 5.82 Å². The molecule has 0 amide bonds. The third-order valence-electron chi connectivity index (χ3n) is 7.86. The number of rotatable bonds is 6. The zero-order valence-electron chi connectivity index (χ0n) is 21.5. The molecule has 3 aromatic carbocycles. The van der Waals surface area contributed by atoms with Gasteiger partial charge in [0, 0.05) is 28.8 Å². The molecule has 1 aromatic heterocycles. The molecule has 0 aliphatic heterocycles. The smallest absolute Gasteiger partial charge is 0.306 e. The second-order valence-electron chi connectivity index (χ2n) is 10.4. The van der Waals surface area contributed by atoms with Crippen molar-refractivity contribution in [1.29, 1.82) is 0 Å². The lowest BCUT2D eigenvalue weighted by Crippen LogP contribution is -2.45. The highest BCUT2D eigenvalue weighted by atomic mass is 35.5. The number of aromatic nitrogens is 2. The maximum atomic E-state index is 14.8. The molecule has 39 heavy (non-hydrogen) atoms. The standard InChI is InChI=1S/C30H27ClFN3O3.ClH/c1-15-3-9-24(31)26(27(15)32)22-7-5-19(11-16(22)2)29-34-28(35-38-29)18-4-8-23-17(12-18)6-10-25(23)33-21-13-20(14-21)30(36)37;/h3-5,7-9,11-12,20-21,25,33H,6,10,13-14H2,1-2H3,(H,36,37);1H. The molecule has 9 heteroatoms. The molecule has 2 N–H and O–H groups in total. The lowest BCUT2D eigenvalue weighted by molar-refractivity contribution is -0.145. The van der Waals surface area contributed by atoms with E-state index < -0.39 is 5.97 Å². The van der Waals surface area contributed by atoms with E-state index in [0.717, 1.165) is 35.1 Å². The van der Waals surface area contributed by atoms with Crippen molar-refractivity contribution in [3.63, 3.8) is 0 Å². The van der Waals surface area contributed by atoms with Crippen LogP contribution in [-0.4, -0.2) is 27.3 Å². The van der Waals surface area contributed by atoms with Crippen LogP contribution in [0.5, 0.6) is 0 Å². The lowest BCUT2D eigenvalue weighted by Gasteiger charge is -2.35. The summed E-state index contributed by atoms with van der Waals surface area (Å²) in [6.45, 7) is 3.63. The second-order valence-corrected chi connectivity index (χ2v) is 10.8. The summed E-state index contributed by atoms with van der Waals surface area (Å²) in [5.74, 6) is -0.334. The zero-order valence-corrected chi connectivity index (χ0v) is 23.1. The van der Waals surface area contributed by atoms with Crippen molar-refractivity contribution in [1.82, 2.24) is 15.5 Å². The minimum atomic E-state index is -0.699. The Bertz CT molecular complexity index is 1570. The molecule has 2 aliphatic rings. The molecule has 1 fully saturated rings. The molecule has 1 saturated carbocycles. The molecular weight excluding hydrogens is 540 g/mol. The van der Waals surface area contributed by atoms with Gasteiger partial charge >= 0.3 is 5.97 Å². The van der Waals surface area contributed by atoms with Crippen LogP contribution >= 0.6 is 24.0 Å². The van der Waals surface area contributed by atoms with Crippen LogP contribution in [0.15, 0.2) is 53.1 Å². The summed E-state index contributed by atoms with van der Waals surface area (Å²) in [6.07, 6.45) is 3.32. The van der Waals surface area contributed by atoms with Crippen molar-refractivity contribution < 1.29 is 18.8 Å². The van der Waals surface area contributed by atoms with Crippen LogP contribution in [0.2, 0.25) is 5.02 Å². The Kier molecular flexibility index (Phi) is 7.51. The first-order valence-electron chi connectivity index (χ1n) is 12.8. The van der Waals surface area contributed by atoms with Gasteiger partial charge in [0.15, 0.2) is 0 Å². The van der Waals surface area contributed by atoms with Gasteiger partial charge in [-0.3, -0.25) is 4.79 Å². The predicted molar refractivity (Wildman–Crippen MR) is 151 cm³/mol. The fourth-order valence-electron chi connectivity index (χ4n) is 5.61. The van der Waals surface area contributed by atoms with Crippen LogP contribution in [0, 0.1) is 25.6 Å². The van der Waals surface area contributed by atoms with Gasteiger partial charge in [0.25, 0.3) is 5.89 Å². The van der Waals surface area contributed by atoms with Gasteiger partial charge < -0.3 is 14.9 Å². The fourth-order valence-corrected chi connectivity index (χ4v) is 5.86. The Labute approximate surface area is 237 Å². The van der Waals surface area contributed by atoms with Gasteiger partial charge in [-0.15, -0.1) is 12.4 Å². The number of carboxylic acids is 1. The number of hydrogen-bond acceptors (Lipinski definition) is 5. The zero-order chi connectivity index (χ0) is 26.6. The number of aliphatic carboxylic acids is 1. The Hall–Kier alpha value is -3.26. The van der Waals surface area contributed by atoms with Crippen LogP contribution in [-0.2, 0) is 11.2 Å². The van der Waals surface area contributed by atoms with Gasteiger partial charge in [-0.1, -0.05) is 41.0 Å². The van der Waals surface area contributed by atoms with E-state index in [1.54, 1.807) is 19.1 Å². The number of fused-ring (bicyclic) bond motifs is 1. The largest absolute Gasteiger partial charge is 0.481 e. The average Bonchev–Trinajstić information content (AvgIpc) is 3.51. The molecule has 4 aromatic rings. The summed E-state index contributed by atoms with van der Waals surface area (Å²) in [5, 5.41) is 17.3. The Morgan fingerprint density at radius 1 is 1.08 bits per heavy atom. The molecule has 0 bridgehead atoms. The first-order chi connectivity index (χ1) is 18.3. The lowest BCUT2D eigenvalue weighted by atomic mass is 9.80. The van der Waals surface area contributed by atoms with Crippen LogP contribution in [0.25, 0.3) is 34.0 Å². The summed E-state index contributed by atoms with van der Waals surface area (Å²) in [6, 6.07) is 15.7. The molecule has 0 saturated heterocycles. The van der Waals surface area contributed by atoms with Crippen molar-refractivity contribution >= 4 is 30.0 Å². The molecule has 202 valence electrons. The van der Waals surface area contributed by atoms with E-state index in [1.165, 1.54) is 11.1 Å². The van der Waals surface area contributed by atoms with Crippen molar-refractivity contribution in [2.75, 3.05) is 0 Å². The summed E-state index contributed by atoms with van der Waals surface area (Å²) >= 11 is 6.33. The summed E-state index contributed by atoms with van der Waals surface area (Å²) in [7, 11) is 0. The van der Waals surface area contributed by atoms with Crippen molar-refractivity contribution in [2.24, 2.45) is 5.92 Å². The van der Waals surface area contributed by atoms with Crippen molar-refractivity contribution in [3.05, 3.63) is 81.6 Å². The normalized spacial score (nSPS) is 19.7. The monoisotopic (exact) mass is 567 g/mol. The number of nitrogens with one attached hydrogen (secondary N) is 1. The summed E-state index contributed by atoms with van der Waals surface area (Å²) in [4.78, 5) is 15.7. The first-order valence-corrected chi connectivity index (χ1v) is 13.2. The predicted octanol–water partition coefficient (Wildman–Crippen LogP) is 7.34. The maximum absolute atomic E-state index is 14.8. The Morgan fingerprint density at radius 3 is 2.59 bits per heavy atom. The maximum Gasteiger partial charge on any atom is 0.306 e. The molecule has 6 rings (SSSR count). The molecule has 1 unspecified atom stereocenters.